The van der Waals surface area contributed by atoms with Crippen LogP contribution >= 0.6 is 0 Å². The van der Waals surface area contributed by atoms with Gasteiger partial charge >= 0.3 is 0 Å². The van der Waals surface area contributed by atoms with Crippen molar-refractivity contribution in [1.29, 1.82) is 0 Å². The molecule has 0 heterocycles. The Hall–Kier alpha value is -1.89. The van der Waals surface area contributed by atoms with Gasteiger partial charge in [0.15, 0.2) is 0 Å². The summed E-state index contributed by atoms with van der Waals surface area (Å²) in [5.41, 5.74) is 5.37. The van der Waals surface area contributed by atoms with Crippen molar-refractivity contribution in [1.82, 2.24) is 0 Å². The molecular weight excluding hydrogens is 268 g/mol. The average Bonchev–Trinajstić information content (AvgIpc) is 2.56. The van der Waals surface area contributed by atoms with Gasteiger partial charge < -0.3 is 0 Å². The fourth-order valence-corrected chi connectivity index (χ4v) is 2.87. The molecule has 0 spiro atoms. The monoisotopic (exact) mass is 294 g/mol. The Bertz CT molecular complexity index is 615. The summed E-state index contributed by atoms with van der Waals surface area (Å²) in [5, 5.41) is 0. The van der Waals surface area contributed by atoms with Crippen LogP contribution in [0.1, 0.15) is 51.2 Å². The molecule has 0 saturated carbocycles. The van der Waals surface area contributed by atoms with E-state index in [0.717, 1.165) is 19.3 Å². The predicted molar refractivity (Wildman–Crippen MR) is 94.7 cm³/mol. The number of allylic oxidation sites excluding steroid dienone is 6. The minimum Gasteiger partial charge on any atom is -0.299 e. The molecule has 116 valence electrons. The van der Waals surface area contributed by atoms with Crippen LogP contribution in [0.2, 0.25) is 0 Å². The molecule has 2 rings (SSSR count). The van der Waals surface area contributed by atoms with Gasteiger partial charge in [0, 0.05) is 12.3 Å². The minimum absolute atomic E-state index is 0.120. The van der Waals surface area contributed by atoms with Crippen molar-refractivity contribution in [2.24, 2.45) is 5.92 Å². The van der Waals surface area contributed by atoms with E-state index >= 15 is 0 Å². The predicted octanol–water partition coefficient (Wildman–Crippen LogP) is 5.52. The van der Waals surface area contributed by atoms with Crippen LogP contribution in [-0.2, 0) is 11.2 Å². The van der Waals surface area contributed by atoms with Crippen LogP contribution in [0.4, 0.5) is 0 Å². The summed E-state index contributed by atoms with van der Waals surface area (Å²) in [7, 11) is 0. The lowest BCUT2D eigenvalue weighted by molar-refractivity contribution is -0.121. The summed E-state index contributed by atoms with van der Waals surface area (Å²) in [6.45, 7) is 6.16. The van der Waals surface area contributed by atoms with Crippen molar-refractivity contribution >= 4 is 11.4 Å². The Morgan fingerprint density at radius 3 is 2.55 bits per heavy atom. The first-order valence-corrected chi connectivity index (χ1v) is 8.29. The van der Waals surface area contributed by atoms with E-state index in [2.05, 4.69) is 55.5 Å². The van der Waals surface area contributed by atoms with E-state index in [0.29, 0.717) is 12.2 Å². The summed E-state index contributed by atoms with van der Waals surface area (Å²) in [5.74, 6) is 0.469. The number of ketones is 1. The van der Waals surface area contributed by atoms with Gasteiger partial charge in [0.1, 0.15) is 5.78 Å². The number of Topliss-reactive ketones (excluding diaryl/α,β-unsaturated/α-hetero) is 1. The lowest BCUT2D eigenvalue weighted by atomic mass is 9.87. The summed E-state index contributed by atoms with van der Waals surface area (Å²) in [6.07, 6.45) is 12.0. The number of hydrogen-bond acceptors (Lipinski definition) is 1. The third kappa shape index (κ3) is 4.07. The summed E-state index contributed by atoms with van der Waals surface area (Å²) in [4.78, 5) is 12.1. The zero-order chi connectivity index (χ0) is 15.9. The van der Waals surface area contributed by atoms with Crippen LogP contribution in [-0.4, -0.2) is 5.78 Å². The van der Waals surface area contributed by atoms with Crippen LogP contribution in [0, 0.1) is 5.92 Å². The Morgan fingerprint density at radius 2 is 1.91 bits per heavy atom. The number of benzene rings is 1. The Labute approximate surface area is 134 Å². The van der Waals surface area contributed by atoms with E-state index < -0.39 is 0 Å². The fraction of sp³-hybridized carbons (Fsp3) is 0.381. The molecule has 0 N–H and O–H groups in total. The van der Waals surface area contributed by atoms with E-state index in [1.165, 1.54) is 22.3 Å². The van der Waals surface area contributed by atoms with Crippen molar-refractivity contribution in [2.75, 3.05) is 0 Å². The van der Waals surface area contributed by atoms with Gasteiger partial charge in [-0.25, -0.2) is 0 Å². The Morgan fingerprint density at radius 1 is 1.14 bits per heavy atom. The molecule has 0 bridgehead atoms. The maximum atomic E-state index is 12.1. The van der Waals surface area contributed by atoms with Crippen LogP contribution in [0.3, 0.4) is 0 Å². The molecule has 22 heavy (non-hydrogen) atoms. The minimum atomic E-state index is 0.120. The molecule has 0 amide bonds. The van der Waals surface area contributed by atoms with Gasteiger partial charge in [0.2, 0.25) is 0 Å². The highest BCUT2D eigenvalue weighted by molar-refractivity contribution is 5.83. The van der Waals surface area contributed by atoms with Crippen LogP contribution in [0.5, 0.6) is 0 Å². The molecule has 0 aromatic heterocycles. The van der Waals surface area contributed by atoms with Gasteiger partial charge in [-0.05, 0) is 41.5 Å². The highest BCUT2D eigenvalue weighted by atomic mass is 16.1. The molecule has 1 aliphatic rings. The first-order valence-electron chi connectivity index (χ1n) is 8.29. The molecule has 1 aliphatic carbocycles. The number of rotatable bonds is 6. The van der Waals surface area contributed by atoms with Gasteiger partial charge in [0.25, 0.3) is 0 Å². The lowest BCUT2D eigenvalue weighted by Crippen LogP contribution is -2.07. The van der Waals surface area contributed by atoms with Crippen molar-refractivity contribution < 1.29 is 4.79 Å². The van der Waals surface area contributed by atoms with Gasteiger partial charge in [-0.3, -0.25) is 4.79 Å². The third-order valence-corrected chi connectivity index (χ3v) is 4.26. The molecule has 1 aromatic carbocycles. The Balaban J connectivity index is 2.36. The lowest BCUT2D eigenvalue weighted by Gasteiger charge is -2.17. The molecule has 1 nitrogen and oxygen atoms in total. The third-order valence-electron chi connectivity index (χ3n) is 4.26. The first kappa shape index (κ1) is 16.5. The zero-order valence-electron chi connectivity index (χ0n) is 13.9. The molecule has 1 heteroatoms. The molecule has 0 atom stereocenters. The summed E-state index contributed by atoms with van der Waals surface area (Å²) < 4.78 is 0. The molecule has 0 saturated heterocycles. The van der Waals surface area contributed by atoms with Crippen molar-refractivity contribution in [2.45, 2.75) is 46.5 Å². The van der Waals surface area contributed by atoms with E-state index in [1.54, 1.807) is 0 Å². The first-order chi connectivity index (χ1) is 10.6. The van der Waals surface area contributed by atoms with Gasteiger partial charge in [-0.1, -0.05) is 69.3 Å². The van der Waals surface area contributed by atoms with Crippen molar-refractivity contribution in [3.05, 3.63) is 65.3 Å². The normalized spacial score (nSPS) is 16.2. The molecule has 1 aromatic rings. The molecule has 0 aliphatic heterocycles. The standard InChI is InChI=1S/C21H26O/c1-4-17-10-8-9-13-19(17)20(14-15-21(22)16(2)3)18-11-6-5-7-12-18/h5-11,13,16H,4,12,14-15H2,1-3H3/b20-18-. The largest absolute Gasteiger partial charge is 0.299 e. The maximum absolute atomic E-state index is 12.1. The van der Waals surface area contributed by atoms with Gasteiger partial charge in [-0.2, -0.15) is 0 Å². The second kappa shape index (κ2) is 7.93. The van der Waals surface area contributed by atoms with E-state index in [1.807, 2.05) is 13.8 Å². The van der Waals surface area contributed by atoms with E-state index in [-0.39, 0.29) is 5.92 Å². The molecular formula is C21H26O. The van der Waals surface area contributed by atoms with Gasteiger partial charge in [-0.15, -0.1) is 0 Å². The number of carbonyl (C=O) groups is 1. The highest BCUT2D eigenvalue weighted by Gasteiger charge is 2.14. The van der Waals surface area contributed by atoms with E-state index in [4.69, 9.17) is 0 Å². The number of hydrogen-bond donors (Lipinski definition) is 0. The Kier molecular flexibility index (Phi) is 5.94. The van der Waals surface area contributed by atoms with Crippen LogP contribution < -0.4 is 0 Å². The van der Waals surface area contributed by atoms with E-state index in [9.17, 15) is 4.79 Å². The summed E-state index contributed by atoms with van der Waals surface area (Å²) >= 11 is 0. The zero-order valence-corrected chi connectivity index (χ0v) is 13.9. The topological polar surface area (TPSA) is 17.1 Å². The molecule has 0 radical (unpaired) electrons. The number of carbonyl (C=O) groups excluding carboxylic acids is 1. The molecule has 0 unspecified atom stereocenters. The highest BCUT2D eigenvalue weighted by Crippen LogP contribution is 2.31. The maximum Gasteiger partial charge on any atom is 0.135 e. The van der Waals surface area contributed by atoms with Crippen molar-refractivity contribution in [3.63, 3.8) is 0 Å². The van der Waals surface area contributed by atoms with Crippen LogP contribution in [0.25, 0.3) is 5.57 Å². The summed E-state index contributed by atoms with van der Waals surface area (Å²) in [6, 6.07) is 8.60. The fourth-order valence-electron chi connectivity index (χ4n) is 2.87. The van der Waals surface area contributed by atoms with Crippen molar-refractivity contribution in [3.8, 4) is 0 Å². The SMILES string of the molecule is CCc1ccccc1/C(CCC(=O)C(C)C)=C1/C=CC=CC1. The average molecular weight is 294 g/mol. The molecule has 0 fully saturated rings. The number of aryl methyl sites for hydroxylation is 1. The smallest absolute Gasteiger partial charge is 0.135 e. The van der Waals surface area contributed by atoms with Gasteiger partial charge in [0.05, 0.1) is 0 Å². The second-order valence-corrected chi connectivity index (χ2v) is 6.13. The van der Waals surface area contributed by atoms with Crippen LogP contribution in [0.15, 0.2) is 54.1 Å². The second-order valence-electron chi connectivity index (χ2n) is 6.13. The quantitative estimate of drug-likeness (QED) is 0.674.